The summed E-state index contributed by atoms with van der Waals surface area (Å²) >= 11 is 0. The summed E-state index contributed by atoms with van der Waals surface area (Å²) in [6.07, 6.45) is -0.300. The fraction of sp³-hybridized carbons (Fsp3) is 1.00. The third kappa shape index (κ3) is 6.28. The molecule has 0 saturated carbocycles. The zero-order valence-corrected chi connectivity index (χ0v) is 7.85. The van der Waals surface area contributed by atoms with Gasteiger partial charge < -0.3 is 15.2 Å². The average Bonchev–Trinajstić information content (AvgIpc) is 1.84. The second-order valence-electron chi connectivity index (χ2n) is 3.55. The summed E-state index contributed by atoms with van der Waals surface area (Å²) in [6.45, 7) is 7.10. The second kappa shape index (κ2) is 4.70. The molecule has 0 fully saturated rings. The van der Waals surface area contributed by atoms with Crippen LogP contribution in [-0.4, -0.2) is 37.0 Å². The molecule has 0 aromatic heterocycles. The average molecular weight is 161 g/mol. The highest BCUT2D eigenvalue weighted by Gasteiger charge is 2.16. The Morgan fingerprint density at radius 1 is 1.55 bits per heavy atom. The van der Waals surface area contributed by atoms with Crippen LogP contribution in [0, 0.1) is 0 Å². The Labute approximate surface area is 68.8 Å². The molecule has 0 saturated heterocycles. The van der Waals surface area contributed by atoms with Crippen LogP contribution in [0.15, 0.2) is 0 Å². The fourth-order valence-corrected chi connectivity index (χ4v) is 0.836. The van der Waals surface area contributed by atoms with Gasteiger partial charge in [-0.3, -0.25) is 0 Å². The maximum atomic E-state index is 8.98. The molecule has 0 aliphatic heterocycles. The summed E-state index contributed by atoms with van der Waals surface area (Å²) in [6, 6.07) is 0. The minimum Gasteiger partial charge on any atom is -0.392 e. The lowest BCUT2D eigenvalue weighted by atomic mass is 10.1. The Hall–Kier alpha value is -0.120. The molecule has 0 spiro atoms. The molecule has 1 unspecified atom stereocenters. The summed E-state index contributed by atoms with van der Waals surface area (Å²) < 4.78 is 4.99. The SMILES string of the molecule is COCC(C)(C)NCC(C)O. The van der Waals surface area contributed by atoms with Crippen LogP contribution in [0.2, 0.25) is 0 Å². The van der Waals surface area contributed by atoms with Crippen LogP contribution < -0.4 is 5.32 Å². The number of rotatable bonds is 5. The van der Waals surface area contributed by atoms with Crippen molar-refractivity contribution in [3.05, 3.63) is 0 Å². The number of aliphatic hydroxyl groups is 1. The Morgan fingerprint density at radius 2 is 2.09 bits per heavy atom. The summed E-state index contributed by atoms with van der Waals surface area (Å²) in [5, 5.41) is 12.2. The molecule has 0 heterocycles. The van der Waals surface area contributed by atoms with Gasteiger partial charge in [-0.15, -0.1) is 0 Å². The lowest BCUT2D eigenvalue weighted by molar-refractivity contribution is 0.112. The van der Waals surface area contributed by atoms with Gasteiger partial charge in [-0.1, -0.05) is 0 Å². The van der Waals surface area contributed by atoms with Gasteiger partial charge in [-0.2, -0.15) is 0 Å². The molecular weight excluding hydrogens is 142 g/mol. The van der Waals surface area contributed by atoms with Crippen molar-refractivity contribution in [3.8, 4) is 0 Å². The van der Waals surface area contributed by atoms with E-state index in [4.69, 9.17) is 9.84 Å². The third-order valence-corrected chi connectivity index (χ3v) is 1.38. The first-order chi connectivity index (χ1) is 4.98. The van der Waals surface area contributed by atoms with E-state index in [9.17, 15) is 0 Å². The van der Waals surface area contributed by atoms with Crippen molar-refractivity contribution in [2.24, 2.45) is 0 Å². The summed E-state index contributed by atoms with van der Waals surface area (Å²) in [7, 11) is 1.67. The first-order valence-corrected chi connectivity index (χ1v) is 3.90. The lowest BCUT2D eigenvalue weighted by Crippen LogP contribution is -2.46. The van der Waals surface area contributed by atoms with Crippen molar-refractivity contribution in [2.75, 3.05) is 20.3 Å². The number of β-amino-alcohol motifs (C(OH)–C–C–N with tert-alkyl or cyclic N) is 1. The largest absolute Gasteiger partial charge is 0.392 e. The number of hydrogen-bond acceptors (Lipinski definition) is 3. The quantitative estimate of drug-likeness (QED) is 0.612. The summed E-state index contributed by atoms with van der Waals surface area (Å²) in [5.41, 5.74) is -0.0499. The highest BCUT2D eigenvalue weighted by Crippen LogP contribution is 2.01. The maximum Gasteiger partial charge on any atom is 0.0639 e. The van der Waals surface area contributed by atoms with Crippen LogP contribution >= 0.6 is 0 Å². The van der Waals surface area contributed by atoms with Crippen LogP contribution in [-0.2, 0) is 4.74 Å². The van der Waals surface area contributed by atoms with Crippen molar-refractivity contribution in [2.45, 2.75) is 32.4 Å². The smallest absolute Gasteiger partial charge is 0.0639 e. The van der Waals surface area contributed by atoms with Crippen LogP contribution in [0.3, 0.4) is 0 Å². The van der Waals surface area contributed by atoms with Crippen molar-refractivity contribution in [3.63, 3.8) is 0 Å². The van der Waals surface area contributed by atoms with Gasteiger partial charge in [0.2, 0.25) is 0 Å². The fourth-order valence-electron chi connectivity index (χ4n) is 0.836. The van der Waals surface area contributed by atoms with Crippen LogP contribution in [0.5, 0.6) is 0 Å². The Morgan fingerprint density at radius 3 is 2.45 bits per heavy atom. The normalized spacial score (nSPS) is 15.0. The molecule has 2 N–H and O–H groups in total. The van der Waals surface area contributed by atoms with Crippen LogP contribution in [0.4, 0.5) is 0 Å². The van der Waals surface area contributed by atoms with E-state index in [2.05, 4.69) is 5.32 Å². The number of ether oxygens (including phenoxy) is 1. The van der Waals surface area contributed by atoms with Crippen molar-refractivity contribution < 1.29 is 9.84 Å². The summed E-state index contributed by atoms with van der Waals surface area (Å²) in [5.74, 6) is 0. The number of nitrogens with one attached hydrogen (secondary N) is 1. The molecule has 1 atom stereocenters. The molecule has 0 bridgehead atoms. The minimum atomic E-state index is -0.300. The maximum absolute atomic E-state index is 8.98. The minimum absolute atomic E-state index is 0.0499. The second-order valence-corrected chi connectivity index (χ2v) is 3.55. The standard InChI is InChI=1S/C8H19NO2/c1-7(10)5-9-8(2,3)6-11-4/h7,9-10H,5-6H2,1-4H3. The van der Waals surface area contributed by atoms with Gasteiger partial charge in [0.1, 0.15) is 0 Å². The van der Waals surface area contributed by atoms with Crippen molar-refractivity contribution in [1.82, 2.24) is 5.32 Å². The van der Waals surface area contributed by atoms with E-state index in [0.29, 0.717) is 13.2 Å². The van der Waals surface area contributed by atoms with E-state index >= 15 is 0 Å². The van der Waals surface area contributed by atoms with E-state index in [-0.39, 0.29) is 11.6 Å². The first kappa shape index (κ1) is 10.9. The molecule has 3 nitrogen and oxygen atoms in total. The summed E-state index contributed by atoms with van der Waals surface area (Å²) in [4.78, 5) is 0. The van der Waals surface area contributed by atoms with Crippen molar-refractivity contribution in [1.29, 1.82) is 0 Å². The molecule has 0 amide bonds. The molecule has 0 aromatic carbocycles. The van der Waals surface area contributed by atoms with E-state index in [1.807, 2.05) is 13.8 Å². The molecule has 0 aliphatic carbocycles. The highest BCUT2D eigenvalue weighted by atomic mass is 16.5. The number of aliphatic hydroxyl groups excluding tert-OH is 1. The van der Waals surface area contributed by atoms with Gasteiger partial charge in [-0.25, -0.2) is 0 Å². The highest BCUT2D eigenvalue weighted by molar-refractivity contribution is 4.77. The van der Waals surface area contributed by atoms with Gasteiger partial charge in [-0.05, 0) is 20.8 Å². The van der Waals surface area contributed by atoms with Gasteiger partial charge in [0, 0.05) is 19.2 Å². The number of methoxy groups -OCH3 is 1. The Bertz CT molecular complexity index is 102. The van der Waals surface area contributed by atoms with E-state index < -0.39 is 0 Å². The zero-order chi connectivity index (χ0) is 8.91. The van der Waals surface area contributed by atoms with Gasteiger partial charge in [0.15, 0.2) is 0 Å². The predicted octanol–water partition coefficient (Wildman–Crippen LogP) is 0.382. The Kier molecular flexibility index (Phi) is 4.65. The van der Waals surface area contributed by atoms with Gasteiger partial charge in [0.05, 0.1) is 12.7 Å². The molecule has 0 aliphatic rings. The lowest BCUT2D eigenvalue weighted by Gasteiger charge is -2.26. The monoisotopic (exact) mass is 161 g/mol. The molecule has 0 rings (SSSR count). The van der Waals surface area contributed by atoms with Crippen LogP contribution in [0.1, 0.15) is 20.8 Å². The molecule has 68 valence electrons. The van der Waals surface area contributed by atoms with Gasteiger partial charge in [0.25, 0.3) is 0 Å². The molecule has 3 heteroatoms. The predicted molar refractivity (Wildman–Crippen MR) is 45.6 cm³/mol. The Balaban J connectivity index is 3.54. The molecule has 0 radical (unpaired) electrons. The first-order valence-electron chi connectivity index (χ1n) is 3.90. The van der Waals surface area contributed by atoms with Gasteiger partial charge >= 0.3 is 0 Å². The van der Waals surface area contributed by atoms with E-state index in [1.54, 1.807) is 14.0 Å². The van der Waals surface area contributed by atoms with E-state index in [0.717, 1.165) is 0 Å². The molecule has 0 aromatic rings. The molecule has 11 heavy (non-hydrogen) atoms. The topological polar surface area (TPSA) is 41.5 Å². The van der Waals surface area contributed by atoms with Crippen molar-refractivity contribution >= 4 is 0 Å². The number of hydrogen-bond donors (Lipinski definition) is 2. The molecular formula is C8H19NO2. The zero-order valence-electron chi connectivity index (χ0n) is 7.85. The van der Waals surface area contributed by atoms with E-state index in [1.165, 1.54) is 0 Å². The third-order valence-electron chi connectivity index (χ3n) is 1.38. The van der Waals surface area contributed by atoms with Crippen LogP contribution in [0.25, 0.3) is 0 Å².